The molecule has 0 unspecified atom stereocenters. The number of non-ortho nitro benzene ring substituents is 1. The average molecular weight is 335 g/mol. The third-order valence-electron chi connectivity index (χ3n) is 3.69. The van der Waals surface area contributed by atoms with Gasteiger partial charge < -0.3 is 15.0 Å². The topological polar surface area (TPSA) is 84.7 Å². The zero-order chi connectivity index (χ0) is 17.1. The van der Waals surface area contributed by atoms with Crippen molar-refractivity contribution in [3.8, 4) is 0 Å². The fraction of sp³-hybridized carbons (Fsp3) is 0.333. The van der Waals surface area contributed by atoms with E-state index < -0.39 is 16.9 Å². The van der Waals surface area contributed by atoms with Crippen LogP contribution in [0.2, 0.25) is 0 Å². The average Bonchev–Trinajstić information content (AvgIpc) is 2.52. The van der Waals surface area contributed by atoms with Crippen LogP contribution in [0.4, 0.5) is 5.69 Å². The molecule has 2 rings (SSSR count). The molecule has 1 atom stereocenters. The van der Waals surface area contributed by atoms with Gasteiger partial charge in [0.25, 0.3) is 5.69 Å². The number of hydrogen-bond acceptors (Lipinski definition) is 5. The number of rotatable bonds is 4. The van der Waals surface area contributed by atoms with Crippen LogP contribution >= 0.6 is 12.2 Å². The molecule has 0 saturated carbocycles. The molecule has 1 heterocycles. The fourth-order valence-corrected chi connectivity index (χ4v) is 2.60. The highest BCUT2D eigenvalue weighted by Crippen LogP contribution is 2.31. The monoisotopic (exact) mass is 335 g/mol. The van der Waals surface area contributed by atoms with Crippen molar-refractivity contribution in [2.75, 3.05) is 13.7 Å². The van der Waals surface area contributed by atoms with Crippen LogP contribution in [0.15, 0.2) is 35.5 Å². The zero-order valence-corrected chi connectivity index (χ0v) is 13.8. The quantitative estimate of drug-likeness (QED) is 0.391. The highest BCUT2D eigenvalue weighted by Gasteiger charge is 2.33. The van der Waals surface area contributed by atoms with Gasteiger partial charge in [0.15, 0.2) is 5.11 Å². The molecule has 1 aliphatic heterocycles. The zero-order valence-electron chi connectivity index (χ0n) is 13.0. The molecule has 1 aromatic carbocycles. The lowest BCUT2D eigenvalue weighted by Gasteiger charge is -2.35. The molecule has 1 aromatic rings. The first kappa shape index (κ1) is 16.9. The number of carbonyl (C=O) groups excluding carboxylic acids is 1. The van der Waals surface area contributed by atoms with E-state index in [1.54, 1.807) is 37.9 Å². The van der Waals surface area contributed by atoms with E-state index in [1.165, 1.54) is 12.1 Å². The third-order valence-corrected chi connectivity index (χ3v) is 4.08. The number of ether oxygens (including phenoxy) is 1. The lowest BCUT2D eigenvalue weighted by molar-refractivity contribution is -0.384. The molecule has 0 amide bonds. The molecule has 23 heavy (non-hydrogen) atoms. The van der Waals surface area contributed by atoms with Gasteiger partial charge in [0, 0.05) is 24.9 Å². The summed E-state index contributed by atoms with van der Waals surface area (Å²) in [5.74, 6) is -0.435. The molecule has 1 N–H and O–H groups in total. The Hall–Kier alpha value is -2.48. The van der Waals surface area contributed by atoms with Crippen molar-refractivity contribution >= 4 is 29.0 Å². The maximum Gasteiger partial charge on any atom is 0.338 e. The van der Waals surface area contributed by atoms with Crippen molar-refractivity contribution in [3.05, 3.63) is 51.2 Å². The van der Waals surface area contributed by atoms with Gasteiger partial charge in [0.05, 0.1) is 23.1 Å². The van der Waals surface area contributed by atoms with Crippen molar-refractivity contribution < 1.29 is 14.5 Å². The summed E-state index contributed by atoms with van der Waals surface area (Å²) in [5.41, 5.74) is 1.82. The van der Waals surface area contributed by atoms with E-state index in [0.717, 1.165) is 0 Å². The van der Waals surface area contributed by atoms with E-state index >= 15 is 0 Å². The normalized spacial score (nSPS) is 17.8. The second-order valence-corrected chi connectivity index (χ2v) is 5.40. The van der Waals surface area contributed by atoms with Crippen LogP contribution in [-0.2, 0) is 9.53 Å². The van der Waals surface area contributed by atoms with E-state index in [0.29, 0.717) is 21.9 Å². The van der Waals surface area contributed by atoms with Gasteiger partial charge in [0.1, 0.15) is 0 Å². The lowest BCUT2D eigenvalue weighted by atomic mass is 9.95. The molecule has 0 aromatic heterocycles. The van der Waals surface area contributed by atoms with Crippen LogP contribution in [0.3, 0.4) is 0 Å². The van der Waals surface area contributed by atoms with Crippen molar-refractivity contribution in [1.29, 1.82) is 0 Å². The van der Waals surface area contributed by atoms with Crippen LogP contribution in [0.25, 0.3) is 0 Å². The van der Waals surface area contributed by atoms with E-state index in [2.05, 4.69) is 5.32 Å². The second kappa shape index (κ2) is 6.74. The van der Waals surface area contributed by atoms with E-state index in [9.17, 15) is 14.9 Å². The highest BCUT2D eigenvalue weighted by atomic mass is 32.1. The lowest BCUT2D eigenvalue weighted by Crippen LogP contribution is -2.46. The predicted octanol–water partition coefficient (Wildman–Crippen LogP) is 2.29. The van der Waals surface area contributed by atoms with E-state index in [1.807, 2.05) is 0 Å². The molecule has 0 aliphatic carbocycles. The first-order valence-corrected chi connectivity index (χ1v) is 7.44. The Morgan fingerprint density at radius 2 is 2.04 bits per heavy atom. The van der Waals surface area contributed by atoms with Gasteiger partial charge in [-0.2, -0.15) is 0 Å². The second-order valence-electron chi connectivity index (χ2n) is 5.01. The molecule has 1 aliphatic rings. The van der Waals surface area contributed by atoms with Crippen LogP contribution in [0.5, 0.6) is 0 Å². The number of benzene rings is 1. The van der Waals surface area contributed by atoms with Gasteiger partial charge in [0.2, 0.25) is 0 Å². The molecular weight excluding hydrogens is 318 g/mol. The predicted molar refractivity (Wildman–Crippen MR) is 88.7 cm³/mol. The molecule has 0 bridgehead atoms. The van der Waals surface area contributed by atoms with Crippen LogP contribution < -0.4 is 5.32 Å². The number of carbonyl (C=O) groups is 1. The molecule has 7 nitrogen and oxygen atoms in total. The molecule has 122 valence electrons. The number of nitrogens with one attached hydrogen (secondary N) is 1. The Morgan fingerprint density at radius 3 is 2.57 bits per heavy atom. The molecule has 0 spiro atoms. The van der Waals surface area contributed by atoms with Crippen LogP contribution in [0.1, 0.15) is 25.5 Å². The standard InChI is InChI=1S/C15H17N3O4S/c1-4-22-14(19)12-9(2)17(3)15(23)16-13(12)10-5-7-11(8-6-10)18(20)21/h5-8,13H,4H2,1-3H3,(H,16,23)/t13-/m0/s1. The fourth-order valence-electron chi connectivity index (χ4n) is 2.35. The molecule has 0 saturated heterocycles. The number of esters is 1. The maximum absolute atomic E-state index is 12.3. The van der Waals surface area contributed by atoms with Gasteiger partial charge in [-0.3, -0.25) is 10.1 Å². The molecule has 0 fully saturated rings. The Kier molecular flexibility index (Phi) is 4.95. The summed E-state index contributed by atoms with van der Waals surface area (Å²) >= 11 is 5.27. The summed E-state index contributed by atoms with van der Waals surface area (Å²) in [7, 11) is 1.76. The number of allylic oxidation sites excluding steroid dienone is 1. The largest absolute Gasteiger partial charge is 0.463 e. The summed E-state index contributed by atoms with van der Waals surface area (Å²) in [6.45, 7) is 3.79. The minimum atomic E-state index is -0.501. The Bertz CT molecular complexity index is 684. The number of hydrogen-bond donors (Lipinski definition) is 1. The molecule has 8 heteroatoms. The Labute approximate surface area is 139 Å². The number of nitro groups is 1. The highest BCUT2D eigenvalue weighted by molar-refractivity contribution is 7.80. The third kappa shape index (κ3) is 3.31. The van der Waals surface area contributed by atoms with Gasteiger partial charge in [-0.05, 0) is 43.8 Å². The Balaban J connectivity index is 2.46. The number of nitro benzene ring substituents is 1. The molecule has 0 radical (unpaired) electrons. The van der Waals surface area contributed by atoms with Gasteiger partial charge in [-0.25, -0.2) is 4.79 Å². The number of nitrogens with zero attached hydrogens (tertiary/aromatic N) is 2. The van der Waals surface area contributed by atoms with Crippen molar-refractivity contribution in [2.45, 2.75) is 19.9 Å². The first-order chi connectivity index (χ1) is 10.9. The van der Waals surface area contributed by atoms with Crippen molar-refractivity contribution in [2.24, 2.45) is 0 Å². The maximum atomic E-state index is 12.3. The number of thiocarbonyl (C=S) groups is 1. The summed E-state index contributed by atoms with van der Waals surface area (Å²) < 4.78 is 5.13. The van der Waals surface area contributed by atoms with Crippen LogP contribution in [0, 0.1) is 10.1 Å². The van der Waals surface area contributed by atoms with Gasteiger partial charge in [-0.1, -0.05) is 0 Å². The smallest absolute Gasteiger partial charge is 0.338 e. The van der Waals surface area contributed by atoms with E-state index in [4.69, 9.17) is 17.0 Å². The van der Waals surface area contributed by atoms with Crippen molar-refractivity contribution in [3.63, 3.8) is 0 Å². The van der Waals surface area contributed by atoms with Gasteiger partial charge in [-0.15, -0.1) is 0 Å². The van der Waals surface area contributed by atoms with Crippen molar-refractivity contribution in [1.82, 2.24) is 10.2 Å². The summed E-state index contributed by atoms with van der Waals surface area (Å²) in [4.78, 5) is 24.3. The summed E-state index contributed by atoms with van der Waals surface area (Å²) in [6, 6.07) is 5.51. The van der Waals surface area contributed by atoms with Crippen LogP contribution in [-0.4, -0.2) is 34.6 Å². The summed E-state index contributed by atoms with van der Waals surface area (Å²) in [5, 5.41) is 14.3. The summed E-state index contributed by atoms with van der Waals surface area (Å²) in [6.07, 6.45) is 0. The van der Waals surface area contributed by atoms with Gasteiger partial charge >= 0.3 is 5.97 Å². The Morgan fingerprint density at radius 1 is 1.43 bits per heavy atom. The molecular formula is C15H17N3O4S. The SMILES string of the molecule is CCOC(=O)C1=C(C)N(C)C(=S)N[C@H]1c1ccc([N+](=O)[O-])cc1. The minimum Gasteiger partial charge on any atom is -0.463 e. The van der Waals surface area contributed by atoms with E-state index in [-0.39, 0.29) is 12.3 Å². The minimum absolute atomic E-state index is 0.0114. The first-order valence-electron chi connectivity index (χ1n) is 7.03.